The minimum absolute atomic E-state index is 0.0577. The quantitative estimate of drug-likeness (QED) is 0.0347. The molecule has 0 radical (unpaired) electrons. The van der Waals surface area contributed by atoms with Crippen LogP contribution in [0.3, 0.4) is 0 Å². The number of hydrogen-bond acceptors (Lipinski definition) is 5. The van der Waals surface area contributed by atoms with Gasteiger partial charge in [0, 0.05) is 59.0 Å². The molecule has 6 aromatic carbocycles. The van der Waals surface area contributed by atoms with E-state index in [1.165, 1.54) is 69.4 Å². The molecule has 9 N–H and O–H groups in total. The fourth-order valence-electron chi connectivity index (χ4n) is 14.2. The minimum Gasteiger partial charge on any atom is -0.330 e. The number of rotatable bonds is 26. The van der Waals surface area contributed by atoms with Crippen LogP contribution in [-0.2, 0) is 21.7 Å². The van der Waals surface area contributed by atoms with Crippen molar-refractivity contribution in [3.8, 4) is 0 Å². The zero-order valence-electron chi connectivity index (χ0n) is 64.7. The van der Waals surface area contributed by atoms with Gasteiger partial charge in [0.25, 0.3) is 0 Å². The molecule has 1 aliphatic carbocycles. The molecule has 1 saturated carbocycles. The number of benzene rings is 6. The van der Waals surface area contributed by atoms with Crippen molar-refractivity contribution >= 4 is 78.3 Å². The Morgan fingerprint density at radius 1 is 0.447 bits per heavy atom. The summed E-state index contributed by atoms with van der Waals surface area (Å²) in [6, 6.07) is 43.3. The summed E-state index contributed by atoms with van der Waals surface area (Å²) in [6.45, 7) is 60.4. The van der Waals surface area contributed by atoms with Gasteiger partial charge in [-0.25, -0.2) is 8.78 Å². The Hall–Kier alpha value is -4.46. The lowest BCUT2D eigenvalue weighted by atomic mass is 9.63. The molecule has 5 unspecified atom stereocenters. The van der Waals surface area contributed by atoms with Crippen molar-refractivity contribution in [2.24, 2.45) is 58.4 Å². The number of halogens is 8. The second-order valence-corrected chi connectivity index (χ2v) is 33.7. The van der Waals surface area contributed by atoms with E-state index in [2.05, 4.69) is 246 Å². The first-order chi connectivity index (χ1) is 48.4. The molecule has 0 bridgehead atoms. The van der Waals surface area contributed by atoms with E-state index in [4.69, 9.17) is 69.3 Å². The molecule has 566 valence electrons. The lowest BCUT2D eigenvalue weighted by molar-refractivity contribution is 0.320. The van der Waals surface area contributed by atoms with Gasteiger partial charge in [-0.2, -0.15) is 0 Å². The third-order valence-electron chi connectivity index (χ3n) is 21.3. The first-order valence-corrected chi connectivity index (χ1v) is 40.1. The maximum absolute atomic E-state index is 13.8. The standard InChI is InChI=1S/C17H22ClF.C15H19ClFN.2C15H22ClN.2C14H20BrN/c1-12(2)13(3)17(9-5-4-6-10-17)14-7-8-15(18)16(19)11-14;1-10(2)11(3)15(6-7-18-9-15)12-4-5-13(16)14(17)8-12;2*1-11(2)12(3)15(4,9-10-17)13-5-7-14(16)8-6-13;2*1-10(2)11(3)14(8-9-16)12-4-6-13(15)7-5-12/h7-8,11-12H,3-6,9-10H2,1-2H3;4-5,8,10,18H,3,6-7,9H2,1-2H3;2*5-8,11H,3,9-10,17H2,1-2,4H3;2*4-7,10,14H,3,8-9,16H2,1-2H3. The van der Waals surface area contributed by atoms with Gasteiger partial charge in [0.15, 0.2) is 0 Å². The van der Waals surface area contributed by atoms with E-state index in [9.17, 15) is 8.78 Å². The maximum Gasteiger partial charge on any atom is 0.142 e. The van der Waals surface area contributed by atoms with Crippen LogP contribution in [-0.4, -0.2) is 39.3 Å². The van der Waals surface area contributed by atoms with E-state index in [1.807, 2.05) is 36.4 Å². The van der Waals surface area contributed by atoms with Crippen molar-refractivity contribution in [3.63, 3.8) is 0 Å². The highest BCUT2D eigenvalue weighted by Gasteiger charge is 2.41. The zero-order chi connectivity index (χ0) is 77.7. The molecule has 5 atom stereocenters. The van der Waals surface area contributed by atoms with E-state index in [1.54, 1.807) is 24.3 Å². The molecule has 1 heterocycles. The predicted molar refractivity (Wildman–Crippen MR) is 457 cm³/mol. The molecular weight excluding hydrogens is 1490 g/mol. The third-order valence-corrected chi connectivity index (χ3v) is 23.5. The Morgan fingerprint density at radius 3 is 1.07 bits per heavy atom. The highest BCUT2D eigenvalue weighted by atomic mass is 79.9. The van der Waals surface area contributed by atoms with Gasteiger partial charge in [0.05, 0.1) is 10.0 Å². The predicted octanol–water partition coefficient (Wildman–Crippen LogP) is 26.3. The Bertz CT molecular complexity index is 3460. The fourth-order valence-corrected chi connectivity index (χ4v) is 15.2. The van der Waals surface area contributed by atoms with Crippen molar-refractivity contribution in [1.82, 2.24) is 5.32 Å². The molecule has 0 amide bonds. The highest BCUT2D eigenvalue weighted by molar-refractivity contribution is 9.10. The van der Waals surface area contributed by atoms with Crippen LogP contribution < -0.4 is 28.3 Å². The SMILES string of the molecule is C=C(C(C)C)C(C)(CCN)c1ccc(Cl)cc1.C=C(C(C)C)C(C)(CCN)c1ccc(Cl)cc1.C=C(C(C)C)C(CCN)c1ccc(Br)cc1.C=C(C(C)C)C(CCN)c1ccc(Br)cc1.C=C(C(C)C)C1(c2ccc(Cl)c(F)c2)CCCCC1.C=C(C(C)C)C1(c2ccc(Cl)c(F)c2)CCNC1. The van der Waals surface area contributed by atoms with Crippen molar-refractivity contribution < 1.29 is 8.78 Å². The molecule has 8 rings (SSSR count). The van der Waals surface area contributed by atoms with Crippen LogP contribution in [0.2, 0.25) is 20.1 Å². The van der Waals surface area contributed by atoms with E-state index in [0.29, 0.717) is 73.5 Å². The molecule has 2 fully saturated rings. The van der Waals surface area contributed by atoms with Crippen molar-refractivity contribution in [1.29, 1.82) is 0 Å². The Kier molecular flexibility index (Phi) is 40.3. The number of nitrogens with two attached hydrogens (primary N) is 4. The van der Waals surface area contributed by atoms with E-state index in [-0.39, 0.29) is 43.3 Å². The van der Waals surface area contributed by atoms with Crippen molar-refractivity contribution in [3.05, 3.63) is 280 Å². The van der Waals surface area contributed by atoms with Crippen LogP contribution in [0.1, 0.15) is 206 Å². The normalized spacial score (nSPS) is 16.4. The smallest absolute Gasteiger partial charge is 0.142 e. The topological polar surface area (TPSA) is 116 Å². The van der Waals surface area contributed by atoms with Gasteiger partial charge in [-0.15, -0.1) is 0 Å². The van der Waals surface area contributed by atoms with Crippen LogP contribution in [0.15, 0.2) is 215 Å². The molecular formula is C90H125Br2Cl4F2N5. The molecule has 0 spiro atoms. The van der Waals surface area contributed by atoms with Crippen LogP contribution in [0.25, 0.3) is 0 Å². The molecule has 13 heteroatoms. The number of nitrogens with one attached hydrogen (secondary N) is 1. The summed E-state index contributed by atoms with van der Waals surface area (Å²) in [4.78, 5) is 0. The fraction of sp³-hybridized carbons (Fsp3) is 0.467. The second-order valence-electron chi connectivity index (χ2n) is 30.2. The summed E-state index contributed by atoms with van der Waals surface area (Å²) in [5.41, 5.74) is 37.1. The summed E-state index contributed by atoms with van der Waals surface area (Å²) in [5.74, 6) is 2.79. The molecule has 1 aliphatic heterocycles. The summed E-state index contributed by atoms with van der Waals surface area (Å²) in [5, 5.41) is 5.27. The van der Waals surface area contributed by atoms with Crippen LogP contribution >= 0.6 is 78.3 Å². The molecule has 6 aromatic rings. The van der Waals surface area contributed by atoms with Gasteiger partial charge < -0.3 is 28.3 Å². The monoisotopic (exact) mass is 1610 g/mol. The maximum atomic E-state index is 13.8. The first-order valence-electron chi connectivity index (χ1n) is 37.0. The van der Waals surface area contributed by atoms with E-state index < -0.39 is 0 Å². The summed E-state index contributed by atoms with van der Waals surface area (Å²) >= 11 is 30.3. The Balaban J connectivity index is 0.000000322. The molecule has 103 heavy (non-hydrogen) atoms. The molecule has 2 aliphatic rings. The van der Waals surface area contributed by atoms with Crippen LogP contribution in [0.4, 0.5) is 8.78 Å². The second kappa shape index (κ2) is 44.7. The lowest BCUT2D eigenvalue weighted by Crippen LogP contribution is -2.33. The summed E-state index contributed by atoms with van der Waals surface area (Å²) in [6.07, 6.45) is 10.5. The Labute approximate surface area is 659 Å². The minimum atomic E-state index is -0.350. The zero-order valence-corrected chi connectivity index (χ0v) is 70.9. The van der Waals surface area contributed by atoms with E-state index in [0.717, 1.165) is 93.7 Å². The lowest BCUT2D eigenvalue weighted by Gasteiger charge is -2.41. The average Bonchev–Trinajstić information content (AvgIpc) is 1.77. The third kappa shape index (κ3) is 26.7. The van der Waals surface area contributed by atoms with Crippen LogP contribution in [0, 0.1) is 47.1 Å². The average molecular weight is 1620 g/mol. The van der Waals surface area contributed by atoms with Crippen molar-refractivity contribution in [2.75, 3.05) is 39.3 Å². The van der Waals surface area contributed by atoms with Gasteiger partial charge in [-0.05, 0) is 219 Å². The summed E-state index contributed by atoms with van der Waals surface area (Å²) < 4.78 is 29.7. The number of allylic oxidation sites excluding steroid dienone is 5. The van der Waals surface area contributed by atoms with Gasteiger partial charge >= 0.3 is 0 Å². The highest BCUT2D eigenvalue weighted by Crippen LogP contribution is 2.48. The van der Waals surface area contributed by atoms with Gasteiger partial charge in [-0.1, -0.05) is 328 Å². The van der Waals surface area contributed by atoms with Gasteiger partial charge in [0.1, 0.15) is 11.6 Å². The van der Waals surface area contributed by atoms with Crippen LogP contribution in [0.5, 0.6) is 0 Å². The first kappa shape index (κ1) is 92.7. The van der Waals surface area contributed by atoms with E-state index >= 15 is 0 Å². The van der Waals surface area contributed by atoms with Crippen molar-refractivity contribution in [2.45, 2.75) is 195 Å². The Morgan fingerprint density at radius 2 is 0.786 bits per heavy atom. The molecule has 0 aromatic heterocycles. The summed E-state index contributed by atoms with van der Waals surface area (Å²) in [7, 11) is 0. The molecule has 5 nitrogen and oxygen atoms in total. The van der Waals surface area contributed by atoms with Gasteiger partial charge in [-0.3, -0.25) is 0 Å². The largest absolute Gasteiger partial charge is 0.330 e. The van der Waals surface area contributed by atoms with Gasteiger partial charge in [0.2, 0.25) is 0 Å². The molecule has 1 saturated heterocycles. The number of hydrogen-bond donors (Lipinski definition) is 5.